The summed E-state index contributed by atoms with van der Waals surface area (Å²) in [4.78, 5) is 76.5. The maximum atomic E-state index is 13.2. The zero-order valence-corrected chi connectivity index (χ0v) is 69.9. The van der Waals surface area contributed by atoms with Crippen molar-refractivity contribution in [3.8, 4) is 0 Å². The highest BCUT2D eigenvalue weighted by molar-refractivity contribution is 5.75. The highest BCUT2D eigenvalue weighted by Crippen LogP contribution is 2.40. The Balaban J connectivity index is 0.986. The lowest BCUT2D eigenvalue weighted by molar-refractivity contribution is -0.381. The van der Waals surface area contributed by atoms with E-state index in [1.54, 1.807) is 0 Å². The Morgan fingerprint density at radius 3 is 0.884 bits per heavy atom. The topological polar surface area (TPSA) is 887 Å². The minimum atomic E-state index is -2.62. The van der Waals surface area contributed by atoms with Crippen LogP contribution >= 0.6 is 0 Å². The van der Waals surface area contributed by atoms with E-state index < -0.39 is 409 Å². The van der Waals surface area contributed by atoms with Gasteiger partial charge in [0.15, 0.2) is 56.6 Å². The van der Waals surface area contributed by atoms with E-state index in [1.165, 1.54) is 0 Å². The van der Waals surface area contributed by atoms with Crippen molar-refractivity contribution in [3.63, 3.8) is 0 Å². The van der Waals surface area contributed by atoms with Gasteiger partial charge in [-0.05, 0) is 0 Å². The number of amides is 6. The fraction of sp³-hybridized carbons (Fsp3) is 0.917. The lowest BCUT2D eigenvalue weighted by Gasteiger charge is -2.50. The molecule has 9 heterocycles. The van der Waals surface area contributed by atoms with E-state index in [-0.39, 0.29) is 0 Å². The Labute approximate surface area is 731 Å². The molecule has 9 aliphatic rings. The van der Waals surface area contributed by atoms with Gasteiger partial charge in [-0.25, -0.2) is 0 Å². The predicted octanol–water partition coefficient (Wildman–Crippen LogP) is -22.3. The van der Waals surface area contributed by atoms with Crippen molar-refractivity contribution >= 4 is 35.4 Å². The first-order chi connectivity index (χ1) is 61.0. The van der Waals surface area contributed by atoms with Crippen molar-refractivity contribution in [2.45, 2.75) is 342 Å². The Kier molecular flexibility index (Phi) is 40.2. The Morgan fingerprint density at radius 1 is 0.271 bits per heavy atom. The number of aliphatic hydroxyl groups excluding tert-OH is 27. The molecule has 0 unspecified atom stereocenters. The highest BCUT2D eigenvalue weighted by Gasteiger charge is 2.61. The molecule has 129 heavy (non-hydrogen) atoms. The number of rotatable bonds is 38. The summed E-state index contributed by atoms with van der Waals surface area (Å²) < 4.78 is 106. The molecule has 0 aromatic heterocycles. The Morgan fingerprint density at radius 2 is 0.543 bits per heavy atom. The average molecular weight is 1890 g/mol. The number of ether oxygens (including phenoxy) is 18. The van der Waals surface area contributed by atoms with E-state index in [2.05, 4.69) is 31.9 Å². The van der Waals surface area contributed by atoms with Gasteiger partial charge >= 0.3 is 0 Å². The van der Waals surface area contributed by atoms with Crippen LogP contribution in [0.3, 0.4) is 0 Å². The lowest BCUT2D eigenvalue weighted by Crippen LogP contribution is -2.70. The molecular formula is C72H122N6O51. The standard InChI is InChI=1S/C72H122N6O51/c1-18(88)73-24(7-79)57(40(95)25(94)16-112-64-37(76-21(4)91)47(102)59(29(11-83)117-64)127-70-54(109)51(106)61(32(14-86)120-70)124-66-35(74-19(2)89)45(100)41(96)26(8-80)114-66)123-72-56(111)63(44(99)34(122-72)17-113-65-38(77-22(5)92)48(103)58(30(12-84)118-65)126-69-53(108)50(105)43(98)28(10-82)116-69)129-68-39(78-23(6)93)49(104)60(31(13-85)119-68)128-71-55(110)52(107)62(33(15-87)121-71)125-67-36(75-20(3)90)46(101)42(97)27(9-81)115-67/h24-72,79-87,94-111H,7-17H2,1-6H3,(H,73,88)(H,74,89)(H,75,90)(H,76,91)(H,77,92)(H,78,93)/t24-,25+,26+,27+,28+,29+,30+,31+,32+,33+,34+,35+,36+,37+,38+,39+,40-,41+,42+,43-,44-,45+,46+,47+,48+,49+,50-,51+,52+,53+,54+,55+,56+,57+,58+,59+,60+,61-,62-,63-,64+,65+,66+,67+,68-,69-,70-,71-,72-/m0/s1. The molecular weight excluding hydrogens is 1760 g/mol. The minimum absolute atomic E-state index is 0.780. The van der Waals surface area contributed by atoms with Crippen LogP contribution in [0.5, 0.6) is 0 Å². The second-order valence-electron chi connectivity index (χ2n) is 32.2. The van der Waals surface area contributed by atoms with Crippen molar-refractivity contribution < 1.29 is 252 Å². The zero-order chi connectivity index (χ0) is 95.5. The second-order valence-corrected chi connectivity index (χ2v) is 32.2. The van der Waals surface area contributed by atoms with Crippen LogP contribution in [0.4, 0.5) is 0 Å². The van der Waals surface area contributed by atoms with Crippen molar-refractivity contribution in [2.75, 3.05) is 72.7 Å². The number of carbonyl (C=O) groups excluding carboxylic acids is 6. The quantitative estimate of drug-likeness (QED) is 0.0273. The van der Waals surface area contributed by atoms with Gasteiger partial charge in [0.1, 0.15) is 238 Å². The van der Waals surface area contributed by atoms with Gasteiger partial charge in [-0.1, -0.05) is 0 Å². The summed E-state index contributed by atoms with van der Waals surface area (Å²) in [6.07, 6.45) is -88.8. The van der Waals surface area contributed by atoms with Crippen molar-refractivity contribution in [2.24, 2.45) is 0 Å². The molecule has 9 rings (SSSR count). The maximum Gasteiger partial charge on any atom is 0.217 e. The maximum absolute atomic E-state index is 13.2. The van der Waals surface area contributed by atoms with Gasteiger partial charge in [-0.15, -0.1) is 0 Å². The van der Waals surface area contributed by atoms with Gasteiger partial charge in [0.2, 0.25) is 35.4 Å². The molecule has 49 atom stereocenters. The summed E-state index contributed by atoms with van der Waals surface area (Å²) in [6, 6.07) is -11.1. The number of hydrogen-bond donors (Lipinski definition) is 33. The second kappa shape index (κ2) is 48.2. The van der Waals surface area contributed by atoms with Gasteiger partial charge in [0.25, 0.3) is 0 Å². The van der Waals surface area contributed by atoms with Crippen LogP contribution in [0.1, 0.15) is 41.5 Å². The molecule has 0 aliphatic carbocycles. The van der Waals surface area contributed by atoms with Crippen LogP contribution in [0.25, 0.3) is 0 Å². The summed E-state index contributed by atoms with van der Waals surface area (Å²) in [6.45, 7) is -6.51. The van der Waals surface area contributed by atoms with Crippen LogP contribution in [-0.4, -0.2) is 546 Å². The molecule has 746 valence electrons. The van der Waals surface area contributed by atoms with Crippen molar-refractivity contribution in [1.82, 2.24) is 31.9 Å². The van der Waals surface area contributed by atoms with Crippen LogP contribution in [-0.2, 0) is 114 Å². The molecule has 9 fully saturated rings. The average Bonchev–Trinajstić information content (AvgIpc) is 0.765. The minimum Gasteiger partial charge on any atom is -0.394 e. The molecule has 9 saturated heterocycles. The molecule has 0 spiro atoms. The third kappa shape index (κ3) is 25.3. The number of hydrogen-bond acceptors (Lipinski definition) is 51. The van der Waals surface area contributed by atoms with Crippen molar-refractivity contribution in [3.05, 3.63) is 0 Å². The highest BCUT2D eigenvalue weighted by atomic mass is 16.8. The van der Waals surface area contributed by atoms with Gasteiger partial charge < -0.3 is 255 Å². The molecule has 33 N–H and O–H groups in total. The summed E-state index contributed by atoms with van der Waals surface area (Å²) in [7, 11) is 0. The predicted molar refractivity (Wildman–Crippen MR) is 401 cm³/mol. The van der Waals surface area contributed by atoms with Gasteiger partial charge in [0.05, 0.1) is 78.7 Å². The van der Waals surface area contributed by atoms with Crippen LogP contribution in [0.15, 0.2) is 0 Å². The van der Waals surface area contributed by atoms with Crippen LogP contribution in [0.2, 0.25) is 0 Å². The Bertz CT molecular complexity index is 3510. The van der Waals surface area contributed by atoms with Gasteiger partial charge in [-0.2, -0.15) is 0 Å². The summed E-state index contributed by atoms with van der Waals surface area (Å²) in [5.41, 5.74) is 0. The molecule has 0 aromatic rings. The Hall–Kier alpha value is -4.98. The first-order valence-electron chi connectivity index (χ1n) is 41.0. The fourth-order valence-corrected chi connectivity index (χ4v) is 16.3. The monoisotopic (exact) mass is 1890 g/mol. The normalized spacial score (nSPS) is 45.0. The van der Waals surface area contributed by atoms with Crippen LogP contribution < -0.4 is 31.9 Å². The van der Waals surface area contributed by atoms with E-state index in [0.29, 0.717) is 0 Å². The smallest absolute Gasteiger partial charge is 0.217 e. The van der Waals surface area contributed by atoms with Gasteiger partial charge in [-0.3, -0.25) is 28.8 Å². The molecule has 6 amide bonds. The summed E-state index contributed by atoms with van der Waals surface area (Å²) in [5.74, 6) is -5.50. The first kappa shape index (κ1) is 108. The number of aliphatic hydroxyl groups is 27. The fourth-order valence-electron chi connectivity index (χ4n) is 16.3. The largest absolute Gasteiger partial charge is 0.394 e. The van der Waals surface area contributed by atoms with E-state index in [9.17, 15) is 167 Å². The number of nitrogens with one attached hydrogen (secondary N) is 6. The van der Waals surface area contributed by atoms with Gasteiger partial charge in [0, 0.05) is 41.5 Å². The van der Waals surface area contributed by atoms with E-state index in [0.717, 1.165) is 41.5 Å². The van der Waals surface area contributed by atoms with Crippen molar-refractivity contribution in [1.29, 1.82) is 0 Å². The molecule has 57 heteroatoms. The zero-order valence-electron chi connectivity index (χ0n) is 69.9. The van der Waals surface area contributed by atoms with Crippen LogP contribution in [0, 0.1) is 0 Å². The molecule has 0 bridgehead atoms. The number of carbonyl (C=O) groups is 6. The SMILES string of the molecule is CC(=O)N[C@H]1[C@H](OC[C@H]2O[C@@H](O[C@@H]([C@@H](O)[C@H](O)CO[C@@H]3O[C@H](CO)[C@@H](O[C@@H]4O[C@H](CO)[C@H](O[C@H]5O[C@H](CO)[C@@H](O)[C@H](O)[C@H]5NC(C)=O)[C@H](O)[C@H]4O)[C@H](O)[C@H]3NC(C)=O)[C@H](CO)NC(C)=O)[C@H](O)[C@@H](O[C@@H]3O[C@H](CO)[C@@H](O[C@@H]4O[C@H](CO)[C@H](O[C@H]5O[C@H](CO)[C@@H](O)[C@H](O)[C@H]5NC(C)=O)[C@H](O)[C@H]4O)[C@H](O)[C@H]3NC(C)=O)[C@H]2O)O[C@H](CO)[C@@H](O[C@@H]2O[C@H](CO)[C@H](O)[C@H](O)[C@H]2O)[C@@H]1O. The third-order valence-electron chi connectivity index (χ3n) is 22.9. The molecule has 0 aromatic carbocycles. The third-order valence-corrected chi connectivity index (χ3v) is 22.9. The molecule has 57 nitrogen and oxygen atoms in total. The molecule has 0 saturated carbocycles. The summed E-state index contributed by atoms with van der Waals surface area (Å²) >= 11 is 0. The van der Waals surface area contributed by atoms with E-state index in [1.807, 2.05) is 0 Å². The summed E-state index contributed by atoms with van der Waals surface area (Å²) in [5, 5.41) is 315. The first-order valence-corrected chi connectivity index (χ1v) is 41.0. The molecule has 9 aliphatic heterocycles. The van der Waals surface area contributed by atoms with E-state index >= 15 is 0 Å². The van der Waals surface area contributed by atoms with E-state index in [4.69, 9.17) is 85.3 Å². The molecule has 0 radical (unpaired) electrons. The lowest BCUT2D eigenvalue weighted by atomic mass is 9.94.